The van der Waals surface area contributed by atoms with E-state index in [0.29, 0.717) is 34.2 Å². The van der Waals surface area contributed by atoms with E-state index in [2.05, 4.69) is 20.3 Å². The number of thiazole rings is 1. The number of hydrogen-bond acceptors (Lipinski definition) is 6. The Labute approximate surface area is 166 Å². The Morgan fingerprint density at radius 2 is 1.86 bits per heavy atom. The summed E-state index contributed by atoms with van der Waals surface area (Å²) in [6, 6.07) is 11.1. The third kappa shape index (κ3) is 5.20. The molecule has 0 spiro atoms. The second-order valence-electron chi connectivity index (χ2n) is 6.30. The Hall–Kier alpha value is -3.13. The number of aliphatic carboxylic acids is 1. The van der Waals surface area contributed by atoms with E-state index in [-0.39, 0.29) is 18.4 Å². The van der Waals surface area contributed by atoms with E-state index in [4.69, 9.17) is 5.11 Å². The Morgan fingerprint density at radius 1 is 1.14 bits per heavy atom. The lowest BCUT2D eigenvalue weighted by Gasteiger charge is -2.18. The summed E-state index contributed by atoms with van der Waals surface area (Å²) in [6.45, 7) is 1.77. The maximum Gasteiger partial charge on any atom is 0.303 e. The van der Waals surface area contributed by atoms with Crippen LogP contribution in [0.1, 0.15) is 33.8 Å². The van der Waals surface area contributed by atoms with Gasteiger partial charge in [0, 0.05) is 24.9 Å². The fourth-order valence-electron chi connectivity index (χ4n) is 2.78. The summed E-state index contributed by atoms with van der Waals surface area (Å²) in [5.74, 6) is -0.672. The molecule has 144 valence electrons. The second kappa shape index (κ2) is 9.18. The number of carbonyl (C=O) groups excluding carboxylic acids is 1. The predicted molar refractivity (Wildman–Crippen MR) is 106 cm³/mol. The average molecular weight is 396 g/mol. The highest BCUT2D eigenvalue weighted by molar-refractivity contribution is 7.17. The molecular formula is C20H20N4O3S. The second-order valence-corrected chi connectivity index (χ2v) is 7.30. The van der Waals surface area contributed by atoms with Crippen LogP contribution in [0.2, 0.25) is 0 Å². The van der Waals surface area contributed by atoms with Crippen LogP contribution >= 0.6 is 11.3 Å². The molecule has 0 radical (unpaired) electrons. The smallest absolute Gasteiger partial charge is 0.303 e. The van der Waals surface area contributed by atoms with Gasteiger partial charge < -0.3 is 10.4 Å². The maximum absolute atomic E-state index is 12.8. The number of hydrogen-bond donors (Lipinski definition) is 2. The van der Waals surface area contributed by atoms with E-state index in [1.54, 1.807) is 25.4 Å². The first-order valence-electron chi connectivity index (χ1n) is 8.84. The zero-order valence-corrected chi connectivity index (χ0v) is 16.1. The molecule has 0 saturated carbocycles. The van der Waals surface area contributed by atoms with Crippen LogP contribution in [0.5, 0.6) is 0 Å². The minimum atomic E-state index is -0.884. The number of carboxylic acids is 1. The van der Waals surface area contributed by atoms with Gasteiger partial charge in [-0.25, -0.2) is 15.0 Å². The standard InChI is InChI=1S/C20H20N4O3S/c1-13-17(28-20(23-13)18-21-10-5-11-22-18)19(27)24-15(8-9-16(25)26)12-14-6-3-2-4-7-14/h2-7,10-11,15H,8-9,12H2,1H3,(H,24,27)(H,25,26). The first kappa shape index (κ1) is 19.6. The third-order valence-electron chi connectivity index (χ3n) is 4.13. The normalized spacial score (nSPS) is 11.8. The topological polar surface area (TPSA) is 105 Å². The summed E-state index contributed by atoms with van der Waals surface area (Å²) in [5.41, 5.74) is 1.64. The molecule has 7 nitrogen and oxygen atoms in total. The van der Waals surface area contributed by atoms with Crippen LogP contribution in [0.15, 0.2) is 48.8 Å². The molecule has 0 aliphatic carbocycles. The fourth-order valence-corrected chi connectivity index (χ4v) is 3.70. The quantitative estimate of drug-likeness (QED) is 0.606. The van der Waals surface area contributed by atoms with E-state index in [1.807, 2.05) is 30.3 Å². The molecule has 1 atom stereocenters. The van der Waals surface area contributed by atoms with Crippen LogP contribution in [0.25, 0.3) is 10.8 Å². The minimum Gasteiger partial charge on any atom is -0.481 e. The summed E-state index contributed by atoms with van der Waals surface area (Å²) in [4.78, 5) is 37.0. The van der Waals surface area contributed by atoms with Crippen LogP contribution in [0.3, 0.4) is 0 Å². The monoisotopic (exact) mass is 396 g/mol. The molecule has 0 bridgehead atoms. The van der Waals surface area contributed by atoms with Gasteiger partial charge in [0.2, 0.25) is 0 Å². The van der Waals surface area contributed by atoms with Crippen molar-refractivity contribution in [3.63, 3.8) is 0 Å². The zero-order valence-electron chi connectivity index (χ0n) is 15.3. The summed E-state index contributed by atoms with van der Waals surface area (Å²) < 4.78 is 0. The molecule has 0 aliphatic rings. The van der Waals surface area contributed by atoms with Crippen LogP contribution in [0, 0.1) is 6.92 Å². The van der Waals surface area contributed by atoms with E-state index in [0.717, 1.165) is 5.56 Å². The number of carbonyl (C=O) groups is 2. The molecule has 0 aliphatic heterocycles. The Balaban J connectivity index is 1.75. The number of aromatic nitrogens is 3. The van der Waals surface area contributed by atoms with Crippen molar-refractivity contribution >= 4 is 23.2 Å². The molecule has 28 heavy (non-hydrogen) atoms. The highest BCUT2D eigenvalue weighted by Gasteiger charge is 2.21. The lowest BCUT2D eigenvalue weighted by molar-refractivity contribution is -0.137. The van der Waals surface area contributed by atoms with Crippen LogP contribution in [-0.2, 0) is 11.2 Å². The van der Waals surface area contributed by atoms with Crippen LogP contribution in [-0.4, -0.2) is 38.0 Å². The van der Waals surface area contributed by atoms with Crippen molar-refractivity contribution in [1.82, 2.24) is 20.3 Å². The molecule has 8 heteroatoms. The molecule has 0 fully saturated rings. The lowest BCUT2D eigenvalue weighted by atomic mass is 10.0. The molecule has 3 rings (SSSR count). The first-order chi connectivity index (χ1) is 13.5. The molecule has 1 aromatic carbocycles. The van der Waals surface area contributed by atoms with Gasteiger partial charge in [0.15, 0.2) is 10.8 Å². The van der Waals surface area contributed by atoms with Crippen molar-refractivity contribution in [2.45, 2.75) is 32.2 Å². The number of rotatable bonds is 8. The van der Waals surface area contributed by atoms with Crippen molar-refractivity contribution in [3.8, 4) is 10.8 Å². The Kier molecular flexibility index (Phi) is 6.44. The molecular weight excluding hydrogens is 376 g/mol. The SMILES string of the molecule is Cc1nc(-c2ncccn2)sc1C(=O)NC(CCC(=O)O)Cc1ccccc1. The van der Waals surface area contributed by atoms with Crippen molar-refractivity contribution in [1.29, 1.82) is 0 Å². The molecule has 1 amide bonds. The zero-order chi connectivity index (χ0) is 19.9. The number of nitrogens with one attached hydrogen (secondary N) is 1. The average Bonchev–Trinajstić information content (AvgIpc) is 3.09. The molecule has 2 N–H and O–H groups in total. The minimum absolute atomic E-state index is 0.0114. The first-order valence-corrected chi connectivity index (χ1v) is 9.66. The van der Waals surface area contributed by atoms with Gasteiger partial charge in [0.1, 0.15) is 4.88 Å². The van der Waals surface area contributed by atoms with E-state index in [1.165, 1.54) is 11.3 Å². The van der Waals surface area contributed by atoms with Gasteiger partial charge in [-0.15, -0.1) is 11.3 Å². The van der Waals surface area contributed by atoms with Gasteiger partial charge in [0.25, 0.3) is 5.91 Å². The number of benzene rings is 1. The number of aryl methyl sites for hydroxylation is 1. The van der Waals surface area contributed by atoms with Gasteiger partial charge in [-0.3, -0.25) is 9.59 Å². The van der Waals surface area contributed by atoms with E-state index < -0.39 is 5.97 Å². The summed E-state index contributed by atoms with van der Waals surface area (Å²) in [5, 5.41) is 12.6. The molecule has 2 aromatic heterocycles. The number of amides is 1. The molecule has 0 saturated heterocycles. The van der Waals surface area contributed by atoms with Gasteiger partial charge in [0.05, 0.1) is 5.69 Å². The summed E-state index contributed by atoms with van der Waals surface area (Å²) in [6.07, 6.45) is 4.15. The third-order valence-corrected chi connectivity index (χ3v) is 5.28. The summed E-state index contributed by atoms with van der Waals surface area (Å²) in [7, 11) is 0. The number of nitrogens with zero attached hydrogens (tertiary/aromatic N) is 3. The lowest BCUT2D eigenvalue weighted by Crippen LogP contribution is -2.36. The van der Waals surface area contributed by atoms with Gasteiger partial charge in [-0.05, 0) is 31.4 Å². The maximum atomic E-state index is 12.8. The van der Waals surface area contributed by atoms with Crippen molar-refractivity contribution < 1.29 is 14.7 Å². The van der Waals surface area contributed by atoms with Gasteiger partial charge >= 0.3 is 5.97 Å². The van der Waals surface area contributed by atoms with Crippen LogP contribution < -0.4 is 5.32 Å². The fraction of sp³-hybridized carbons (Fsp3) is 0.250. The van der Waals surface area contributed by atoms with E-state index in [9.17, 15) is 9.59 Å². The molecule has 3 aromatic rings. The van der Waals surface area contributed by atoms with E-state index >= 15 is 0 Å². The summed E-state index contributed by atoms with van der Waals surface area (Å²) >= 11 is 1.23. The highest BCUT2D eigenvalue weighted by Crippen LogP contribution is 2.25. The van der Waals surface area contributed by atoms with Gasteiger partial charge in [-0.1, -0.05) is 30.3 Å². The van der Waals surface area contributed by atoms with Crippen molar-refractivity contribution in [2.24, 2.45) is 0 Å². The van der Waals surface area contributed by atoms with Crippen molar-refractivity contribution in [3.05, 3.63) is 64.9 Å². The Morgan fingerprint density at radius 3 is 2.54 bits per heavy atom. The highest BCUT2D eigenvalue weighted by atomic mass is 32.1. The van der Waals surface area contributed by atoms with Crippen molar-refractivity contribution in [2.75, 3.05) is 0 Å². The molecule has 1 unspecified atom stereocenters. The molecule has 2 heterocycles. The van der Waals surface area contributed by atoms with Gasteiger partial charge in [-0.2, -0.15) is 0 Å². The largest absolute Gasteiger partial charge is 0.481 e. The Bertz CT molecular complexity index is 945. The van der Waals surface area contributed by atoms with Crippen LogP contribution in [0.4, 0.5) is 0 Å². The number of carboxylic acid groups (broad SMARTS) is 1. The predicted octanol–water partition coefficient (Wildman–Crippen LogP) is 3.11.